The largest absolute Gasteiger partial charge is 0.399 e. The molecule has 80 valence electrons. The van der Waals surface area contributed by atoms with Crippen LogP contribution in [0.4, 0.5) is 5.69 Å². The Labute approximate surface area is 94.1 Å². The lowest BCUT2D eigenvalue weighted by Gasteiger charge is -2.15. The molecule has 3 heteroatoms. The molecule has 15 heavy (non-hydrogen) atoms. The third-order valence-corrected chi connectivity index (χ3v) is 3.16. The van der Waals surface area contributed by atoms with Gasteiger partial charge in [0.05, 0.1) is 15.2 Å². The van der Waals surface area contributed by atoms with Gasteiger partial charge in [0.25, 0.3) is 0 Å². The van der Waals surface area contributed by atoms with Gasteiger partial charge in [0.15, 0.2) is 0 Å². The van der Waals surface area contributed by atoms with Gasteiger partial charge < -0.3 is 5.73 Å². The number of rotatable bonds is 1. The predicted octanol–water partition coefficient (Wildman–Crippen LogP) is 3.47. The molecule has 1 aromatic carbocycles. The van der Waals surface area contributed by atoms with Crippen molar-refractivity contribution >= 4 is 27.2 Å². The predicted molar refractivity (Wildman–Crippen MR) is 67.2 cm³/mol. The van der Waals surface area contributed by atoms with Crippen LogP contribution in [-0.4, -0.2) is 4.98 Å². The Morgan fingerprint density at radius 2 is 2.07 bits per heavy atom. The summed E-state index contributed by atoms with van der Waals surface area (Å²) in [5.41, 5.74) is 7.91. The molecule has 0 saturated heterocycles. The number of fused-ring (bicyclic) bond motifs is 1. The molecule has 0 atom stereocenters. The number of nitrogens with two attached hydrogens (primary N) is 1. The summed E-state index contributed by atoms with van der Waals surface area (Å²) >= 11 is 1.75. The smallest absolute Gasteiger partial charge is 0.0943 e. The number of thiazole rings is 1. The van der Waals surface area contributed by atoms with Crippen molar-refractivity contribution in [3.05, 3.63) is 23.2 Å². The summed E-state index contributed by atoms with van der Waals surface area (Å²) in [6.45, 7) is 6.69. The van der Waals surface area contributed by atoms with Crippen LogP contribution in [0.1, 0.15) is 25.8 Å². The molecule has 0 saturated carbocycles. The van der Waals surface area contributed by atoms with E-state index in [1.807, 2.05) is 18.2 Å². The van der Waals surface area contributed by atoms with Gasteiger partial charge in [-0.25, -0.2) is 4.98 Å². The highest BCUT2D eigenvalue weighted by atomic mass is 32.1. The van der Waals surface area contributed by atoms with Crippen molar-refractivity contribution in [3.63, 3.8) is 0 Å². The summed E-state index contributed by atoms with van der Waals surface area (Å²) in [5.74, 6) is 0. The van der Waals surface area contributed by atoms with E-state index in [0.29, 0.717) is 5.41 Å². The number of nitrogens with zero attached hydrogens (tertiary/aromatic N) is 1. The second kappa shape index (κ2) is 3.49. The fraction of sp³-hybridized carbons (Fsp3) is 0.417. The first kappa shape index (κ1) is 10.4. The Bertz CT molecular complexity index is 480. The van der Waals surface area contributed by atoms with Gasteiger partial charge in [-0.3, -0.25) is 0 Å². The van der Waals surface area contributed by atoms with Crippen LogP contribution in [0, 0.1) is 5.41 Å². The van der Waals surface area contributed by atoms with E-state index in [9.17, 15) is 0 Å². The van der Waals surface area contributed by atoms with E-state index in [0.717, 1.165) is 17.6 Å². The van der Waals surface area contributed by atoms with Crippen LogP contribution >= 0.6 is 11.3 Å². The molecule has 0 bridgehead atoms. The van der Waals surface area contributed by atoms with Gasteiger partial charge in [-0.05, 0) is 23.6 Å². The van der Waals surface area contributed by atoms with Gasteiger partial charge in [0.1, 0.15) is 0 Å². The van der Waals surface area contributed by atoms with E-state index in [-0.39, 0.29) is 0 Å². The minimum Gasteiger partial charge on any atom is -0.399 e. The maximum absolute atomic E-state index is 5.74. The Hall–Kier alpha value is -1.09. The summed E-state index contributed by atoms with van der Waals surface area (Å²) in [6.07, 6.45) is 1.02. The monoisotopic (exact) mass is 220 g/mol. The third kappa shape index (κ3) is 2.48. The van der Waals surface area contributed by atoms with Gasteiger partial charge in [-0.1, -0.05) is 20.8 Å². The highest BCUT2D eigenvalue weighted by Crippen LogP contribution is 2.28. The standard InChI is InChI=1S/C12H16N2S/c1-12(2,3)7-11-14-9-5-4-8(13)6-10(9)15-11/h4-6H,7,13H2,1-3H3. The quantitative estimate of drug-likeness (QED) is 0.747. The van der Waals surface area contributed by atoms with Crippen molar-refractivity contribution in [3.8, 4) is 0 Å². The molecule has 0 unspecified atom stereocenters. The highest BCUT2D eigenvalue weighted by molar-refractivity contribution is 7.18. The summed E-state index contributed by atoms with van der Waals surface area (Å²) in [4.78, 5) is 4.60. The molecular formula is C12H16N2S. The summed E-state index contributed by atoms with van der Waals surface area (Å²) in [7, 11) is 0. The number of hydrogen-bond acceptors (Lipinski definition) is 3. The molecule has 2 N–H and O–H groups in total. The minimum absolute atomic E-state index is 0.291. The first-order chi connectivity index (χ1) is 6.94. The zero-order valence-corrected chi connectivity index (χ0v) is 10.2. The van der Waals surface area contributed by atoms with E-state index in [1.54, 1.807) is 11.3 Å². The maximum atomic E-state index is 5.74. The average molecular weight is 220 g/mol. The SMILES string of the molecule is CC(C)(C)Cc1nc2ccc(N)cc2s1. The van der Waals surface area contributed by atoms with Crippen molar-refractivity contribution in [2.75, 3.05) is 5.73 Å². The Balaban J connectivity index is 2.39. The Kier molecular flexibility index (Phi) is 2.43. The molecule has 1 heterocycles. The number of aromatic nitrogens is 1. The van der Waals surface area contributed by atoms with Crippen molar-refractivity contribution in [2.45, 2.75) is 27.2 Å². The van der Waals surface area contributed by atoms with Gasteiger partial charge >= 0.3 is 0 Å². The molecule has 2 nitrogen and oxygen atoms in total. The molecule has 0 radical (unpaired) electrons. The number of hydrogen-bond donors (Lipinski definition) is 1. The van der Waals surface area contributed by atoms with E-state index in [4.69, 9.17) is 5.73 Å². The van der Waals surface area contributed by atoms with Crippen LogP contribution in [0.15, 0.2) is 18.2 Å². The van der Waals surface area contributed by atoms with Crippen molar-refractivity contribution in [1.82, 2.24) is 4.98 Å². The van der Waals surface area contributed by atoms with Crippen molar-refractivity contribution in [2.24, 2.45) is 5.41 Å². The Morgan fingerprint density at radius 1 is 1.33 bits per heavy atom. The van der Waals surface area contributed by atoms with Crippen LogP contribution in [0.5, 0.6) is 0 Å². The lowest BCUT2D eigenvalue weighted by Crippen LogP contribution is -2.08. The van der Waals surface area contributed by atoms with Gasteiger partial charge in [-0.2, -0.15) is 0 Å². The summed E-state index contributed by atoms with van der Waals surface area (Å²) in [6, 6.07) is 5.90. The van der Waals surface area contributed by atoms with E-state index in [1.165, 1.54) is 9.71 Å². The average Bonchev–Trinajstić information content (AvgIpc) is 2.42. The zero-order valence-electron chi connectivity index (χ0n) is 9.37. The van der Waals surface area contributed by atoms with Crippen LogP contribution in [0.2, 0.25) is 0 Å². The first-order valence-electron chi connectivity index (χ1n) is 5.09. The topological polar surface area (TPSA) is 38.9 Å². The fourth-order valence-corrected chi connectivity index (χ4v) is 2.83. The maximum Gasteiger partial charge on any atom is 0.0943 e. The highest BCUT2D eigenvalue weighted by Gasteiger charge is 2.14. The molecular weight excluding hydrogens is 204 g/mol. The molecule has 2 aromatic rings. The van der Waals surface area contributed by atoms with Crippen molar-refractivity contribution < 1.29 is 0 Å². The number of benzene rings is 1. The van der Waals surface area contributed by atoms with Crippen LogP contribution in [-0.2, 0) is 6.42 Å². The molecule has 0 spiro atoms. The fourth-order valence-electron chi connectivity index (χ4n) is 1.52. The lowest BCUT2D eigenvalue weighted by atomic mass is 9.93. The number of nitrogen functional groups attached to an aromatic ring is 1. The second-order valence-electron chi connectivity index (χ2n) is 5.07. The summed E-state index contributed by atoms with van der Waals surface area (Å²) < 4.78 is 1.19. The van der Waals surface area contributed by atoms with Gasteiger partial charge in [0.2, 0.25) is 0 Å². The summed E-state index contributed by atoms with van der Waals surface area (Å²) in [5, 5.41) is 1.20. The van der Waals surface area contributed by atoms with Crippen LogP contribution in [0.3, 0.4) is 0 Å². The van der Waals surface area contributed by atoms with Crippen LogP contribution < -0.4 is 5.73 Å². The number of anilines is 1. The van der Waals surface area contributed by atoms with E-state index >= 15 is 0 Å². The molecule has 0 aliphatic carbocycles. The molecule has 0 aliphatic rings. The van der Waals surface area contributed by atoms with Crippen molar-refractivity contribution in [1.29, 1.82) is 0 Å². The molecule has 2 rings (SSSR count). The zero-order chi connectivity index (χ0) is 11.1. The van der Waals surface area contributed by atoms with E-state index < -0.39 is 0 Å². The Morgan fingerprint density at radius 3 is 2.73 bits per heavy atom. The lowest BCUT2D eigenvalue weighted by molar-refractivity contribution is 0.411. The molecule has 0 aliphatic heterocycles. The molecule has 0 fully saturated rings. The third-order valence-electron chi connectivity index (χ3n) is 2.14. The van der Waals surface area contributed by atoms with Gasteiger partial charge in [0, 0.05) is 12.1 Å². The van der Waals surface area contributed by atoms with E-state index in [2.05, 4.69) is 25.8 Å². The second-order valence-corrected chi connectivity index (χ2v) is 6.19. The molecule has 1 aromatic heterocycles. The minimum atomic E-state index is 0.291. The van der Waals surface area contributed by atoms with Crippen LogP contribution in [0.25, 0.3) is 10.2 Å². The molecule has 0 amide bonds. The normalized spacial score (nSPS) is 12.2. The van der Waals surface area contributed by atoms with Gasteiger partial charge in [-0.15, -0.1) is 11.3 Å². The first-order valence-corrected chi connectivity index (χ1v) is 5.91.